The van der Waals surface area contributed by atoms with Gasteiger partial charge in [0.1, 0.15) is 0 Å². The first-order valence-corrected chi connectivity index (χ1v) is 7.58. The van der Waals surface area contributed by atoms with E-state index in [2.05, 4.69) is 18.7 Å². The molecule has 2 rings (SSSR count). The summed E-state index contributed by atoms with van der Waals surface area (Å²) in [5.41, 5.74) is 7.47. The topological polar surface area (TPSA) is 29.3 Å². The second-order valence-electron chi connectivity index (χ2n) is 6.09. The zero-order chi connectivity index (χ0) is 14.0. The molecule has 1 saturated heterocycles. The van der Waals surface area contributed by atoms with Gasteiger partial charge in [0.05, 0.1) is 10.0 Å². The molecule has 1 unspecified atom stereocenters. The molecule has 4 heteroatoms. The van der Waals surface area contributed by atoms with Crippen LogP contribution in [-0.2, 0) is 0 Å². The van der Waals surface area contributed by atoms with Gasteiger partial charge in [0, 0.05) is 12.6 Å². The number of likely N-dealkylation sites (tertiary alicyclic amines) is 1. The molecule has 0 aliphatic carbocycles. The number of nitrogens with two attached hydrogens (primary N) is 1. The molecule has 106 valence electrons. The van der Waals surface area contributed by atoms with E-state index >= 15 is 0 Å². The van der Waals surface area contributed by atoms with E-state index < -0.39 is 0 Å². The number of hydrogen-bond donors (Lipinski definition) is 1. The maximum Gasteiger partial charge on any atom is 0.0640 e. The zero-order valence-electron chi connectivity index (χ0n) is 11.6. The average Bonchev–Trinajstić information content (AvgIpc) is 2.37. The maximum atomic E-state index is 6.33. The van der Waals surface area contributed by atoms with E-state index in [1.165, 1.54) is 12.8 Å². The van der Waals surface area contributed by atoms with Crippen molar-refractivity contribution in [2.24, 2.45) is 11.1 Å². The van der Waals surface area contributed by atoms with Crippen LogP contribution in [0, 0.1) is 5.41 Å². The molecule has 1 aromatic rings. The minimum Gasteiger partial charge on any atom is -0.329 e. The molecule has 1 aliphatic heterocycles. The van der Waals surface area contributed by atoms with Crippen LogP contribution < -0.4 is 5.73 Å². The molecule has 1 atom stereocenters. The van der Waals surface area contributed by atoms with Crippen LogP contribution in [0.15, 0.2) is 18.2 Å². The van der Waals surface area contributed by atoms with E-state index in [1.54, 1.807) is 0 Å². The molecule has 0 aromatic heterocycles. The van der Waals surface area contributed by atoms with E-state index in [9.17, 15) is 0 Å². The van der Waals surface area contributed by atoms with Gasteiger partial charge >= 0.3 is 0 Å². The molecule has 1 aliphatic rings. The molecule has 1 aromatic carbocycles. The Morgan fingerprint density at radius 3 is 2.47 bits per heavy atom. The van der Waals surface area contributed by atoms with Gasteiger partial charge in [0.2, 0.25) is 0 Å². The lowest BCUT2D eigenvalue weighted by Gasteiger charge is -2.41. The highest BCUT2D eigenvalue weighted by Gasteiger charge is 2.30. The van der Waals surface area contributed by atoms with Gasteiger partial charge in [-0.3, -0.25) is 4.90 Å². The van der Waals surface area contributed by atoms with Crippen molar-refractivity contribution in [2.75, 3.05) is 19.6 Å². The van der Waals surface area contributed by atoms with Gasteiger partial charge in [-0.2, -0.15) is 0 Å². The van der Waals surface area contributed by atoms with E-state index in [1.807, 2.05) is 18.2 Å². The molecule has 0 spiro atoms. The lowest BCUT2D eigenvalue weighted by Crippen LogP contribution is -2.42. The van der Waals surface area contributed by atoms with Gasteiger partial charge in [0.25, 0.3) is 0 Å². The summed E-state index contributed by atoms with van der Waals surface area (Å²) in [6.07, 6.45) is 2.39. The van der Waals surface area contributed by atoms with Gasteiger partial charge in [-0.05, 0) is 43.0 Å². The van der Waals surface area contributed by atoms with Crippen LogP contribution in [0.1, 0.15) is 38.3 Å². The molecule has 2 nitrogen and oxygen atoms in total. The summed E-state index contributed by atoms with van der Waals surface area (Å²) in [4.78, 5) is 2.43. The summed E-state index contributed by atoms with van der Waals surface area (Å²) in [5, 5.41) is 1.25. The number of piperidine rings is 1. The normalized spacial score (nSPS) is 21.3. The van der Waals surface area contributed by atoms with E-state index in [-0.39, 0.29) is 6.04 Å². The van der Waals surface area contributed by atoms with Gasteiger partial charge in [-0.1, -0.05) is 49.2 Å². The molecule has 0 amide bonds. The number of benzene rings is 1. The summed E-state index contributed by atoms with van der Waals surface area (Å²) < 4.78 is 0. The van der Waals surface area contributed by atoms with Crippen molar-refractivity contribution in [3.05, 3.63) is 33.8 Å². The third kappa shape index (κ3) is 3.43. The Bertz CT molecular complexity index is 436. The van der Waals surface area contributed by atoms with E-state index in [0.29, 0.717) is 22.0 Å². The lowest BCUT2D eigenvalue weighted by molar-refractivity contribution is 0.0964. The van der Waals surface area contributed by atoms with Crippen LogP contribution in [0.2, 0.25) is 10.0 Å². The zero-order valence-corrected chi connectivity index (χ0v) is 13.1. The van der Waals surface area contributed by atoms with Crippen LogP contribution in [0.3, 0.4) is 0 Å². The molecule has 0 bridgehead atoms. The van der Waals surface area contributed by atoms with Crippen LogP contribution in [-0.4, -0.2) is 24.5 Å². The fraction of sp³-hybridized carbons (Fsp3) is 0.600. The number of hydrogen-bond acceptors (Lipinski definition) is 2. The molecule has 0 radical (unpaired) electrons. The minimum atomic E-state index is 0.169. The smallest absolute Gasteiger partial charge is 0.0640 e. The minimum absolute atomic E-state index is 0.169. The quantitative estimate of drug-likeness (QED) is 0.910. The fourth-order valence-corrected chi connectivity index (χ4v) is 3.13. The van der Waals surface area contributed by atoms with Crippen molar-refractivity contribution in [1.82, 2.24) is 4.90 Å². The van der Waals surface area contributed by atoms with Crippen LogP contribution in [0.4, 0.5) is 0 Å². The Labute approximate surface area is 125 Å². The largest absolute Gasteiger partial charge is 0.329 e. The molecule has 0 saturated carbocycles. The van der Waals surface area contributed by atoms with Crippen molar-refractivity contribution < 1.29 is 0 Å². The summed E-state index contributed by atoms with van der Waals surface area (Å²) >= 11 is 12.4. The van der Waals surface area contributed by atoms with Gasteiger partial charge in [-0.25, -0.2) is 0 Å². The van der Waals surface area contributed by atoms with E-state index in [4.69, 9.17) is 28.9 Å². The van der Waals surface area contributed by atoms with Crippen LogP contribution >= 0.6 is 23.2 Å². The Kier molecular flexibility index (Phi) is 4.78. The summed E-state index contributed by atoms with van der Waals surface area (Å²) in [6.45, 7) is 7.36. The predicted molar refractivity (Wildman–Crippen MR) is 82.8 cm³/mol. The van der Waals surface area contributed by atoms with Crippen molar-refractivity contribution in [3.8, 4) is 0 Å². The second kappa shape index (κ2) is 6.01. The maximum absolute atomic E-state index is 6.33. The van der Waals surface area contributed by atoms with Gasteiger partial charge < -0.3 is 5.73 Å². The molecule has 1 fully saturated rings. The van der Waals surface area contributed by atoms with Crippen LogP contribution in [0.5, 0.6) is 0 Å². The monoisotopic (exact) mass is 300 g/mol. The third-order valence-electron chi connectivity index (χ3n) is 4.16. The molecular weight excluding hydrogens is 279 g/mol. The predicted octanol–water partition coefficient (Wildman–Crippen LogP) is 4.12. The molecule has 1 heterocycles. The molecule has 19 heavy (non-hydrogen) atoms. The highest BCUT2D eigenvalue weighted by Crippen LogP contribution is 2.37. The Morgan fingerprint density at radius 2 is 1.89 bits per heavy atom. The highest BCUT2D eigenvalue weighted by molar-refractivity contribution is 6.42. The Hall–Kier alpha value is -0.280. The van der Waals surface area contributed by atoms with Gasteiger partial charge in [0.15, 0.2) is 0 Å². The lowest BCUT2D eigenvalue weighted by atomic mass is 9.82. The van der Waals surface area contributed by atoms with Crippen molar-refractivity contribution >= 4 is 23.2 Å². The summed E-state index contributed by atoms with van der Waals surface area (Å²) in [6, 6.07) is 5.97. The molecule has 2 N–H and O–H groups in total. The summed E-state index contributed by atoms with van der Waals surface area (Å²) in [5.74, 6) is 0. The first-order valence-electron chi connectivity index (χ1n) is 6.82. The van der Waals surface area contributed by atoms with Crippen LogP contribution in [0.25, 0.3) is 0 Å². The summed E-state index contributed by atoms with van der Waals surface area (Å²) in [7, 11) is 0. The van der Waals surface area contributed by atoms with Gasteiger partial charge in [-0.15, -0.1) is 0 Å². The highest BCUT2D eigenvalue weighted by atomic mass is 35.5. The van der Waals surface area contributed by atoms with Crippen molar-refractivity contribution in [1.29, 1.82) is 0 Å². The first-order chi connectivity index (χ1) is 8.94. The SMILES string of the molecule is CC1(C)CCN(C(CN)c2cccc(Cl)c2Cl)CC1. The van der Waals surface area contributed by atoms with Crippen molar-refractivity contribution in [3.63, 3.8) is 0 Å². The Balaban J connectivity index is 2.19. The number of nitrogens with zero attached hydrogens (tertiary/aromatic N) is 1. The standard InChI is InChI=1S/C15H22Cl2N2/c1-15(2)6-8-19(9-7-15)13(10-18)11-4-3-5-12(16)14(11)17/h3-5,13H,6-10,18H2,1-2H3. The average molecular weight is 301 g/mol. The third-order valence-corrected chi connectivity index (χ3v) is 4.99. The molecular formula is C15H22Cl2N2. The van der Waals surface area contributed by atoms with E-state index in [0.717, 1.165) is 18.7 Å². The number of rotatable bonds is 3. The number of halogens is 2. The van der Waals surface area contributed by atoms with Crippen molar-refractivity contribution in [2.45, 2.75) is 32.7 Å². The second-order valence-corrected chi connectivity index (χ2v) is 6.88. The first kappa shape index (κ1) is 15.1. The Morgan fingerprint density at radius 1 is 1.26 bits per heavy atom. The fourth-order valence-electron chi connectivity index (χ4n) is 2.69.